The second-order valence-electron chi connectivity index (χ2n) is 5.94. The van der Waals surface area contributed by atoms with Crippen molar-refractivity contribution in [3.05, 3.63) is 0 Å². The Kier molecular flexibility index (Phi) is 9.08. The van der Waals surface area contributed by atoms with Crippen molar-refractivity contribution in [2.45, 2.75) is 75.4 Å². The van der Waals surface area contributed by atoms with Crippen molar-refractivity contribution < 1.29 is 30.3 Å². The minimum absolute atomic E-state index is 0.113. The van der Waals surface area contributed by atoms with E-state index in [1.54, 1.807) is 0 Å². The molecule has 0 aromatic heterocycles. The first-order valence-corrected chi connectivity index (χ1v) is 7.99. The minimum atomic E-state index is -1.80. The normalized spacial score (nSPS) is 24.0. The van der Waals surface area contributed by atoms with Crippen molar-refractivity contribution in [2.75, 3.05) is 13.2 Å². The highest BCUT2D eigenvalue weighted by atomic mass is 16.4. The molecule has 1 heterocycles. The summed E-state index contributed by atoms with van der Waals surface area (Å²) >= 11 is 0. The third kappa shape index (κ3) is 6.28. The van der Waals surface area contributed by atoms with Gasteiger partial charge in [-0.2, -0.15) is 0 Å². The Morgan fingerprint density at radius 2 is 1.82 bits per heavy atom. The van der Waals surface area contributed by atoms with Gasteiger partial charge in [-0.25, -0.2) is 5.32 Å². The van der Waals surface area contributed by atoms with Gasteiger partial charge < -0.3 is 25.5 Å². The van der Waals surface area contributed by atoms with Gasteiger partial charge in [0.15, 0.2) is 5.78 Å². The number of carbonyl (C=O) groups excluding carboxylic acids is 1. The molecule has 5 atom stereocenters. The van der Waals surface area contributed by atoms with E-state index in [1.807, 2.05) is 0 Å². The number of nitrogens with zero attached hydrogens (tertiary/aromatic N) is 1. The number of aliphatic hydroxyl groups excluding tert-OH is 5. The lowest BCUT2D eigenvalue weighted by molar-refractivity contribution is -0.147. The zero-order valence-electron chi connectivity index (χ0n) is 12.8. The van der Waals surface area contributed by atoms with Crippen molar-refractivity contribution in [1.29, 1.82) is 0 Å². The Labute approximate surface area is 131 Å². The smallest absolute Gasteiger partial charge is 0.164 e. The molecule has 0 spiro atoms. The van der Waals surface area contributed by atoms with E-state index in [2.05, 4.69) is 5.32 Å². The highest BCUT2D eigenvalue weighted by Gasteiger charge is 2.33. The molecule has 7 heteroatoms. The van der Waals surface area contributed by atoms with E-state index in [1.165, 1.54) is 0 Å². The Bertz CT molecular complexity index is 321. The first-order valence-electron chi connectivity index (χ1n) is 7.99. The van der Waals surface area contributed by atoms with Crippen LogP contribution in [0.25, 0.3) is 0 Å². The third-order valence-corrected chi connectivity index (χ3v) is 4.13. The molecule has 7 nitrogen and oxygen atoms in total. The molecule has 0 saturated carbocycles. The summed E-state index contributed by atoms with van der Waals surface area (Å²) in [5.74, 6) is -0.567. The topological polar surface area (TPSA) is 132 Å². The quantitative estimate of drug-likeness (QED) is 0.301. The maximum atomic E-state index is 11.7. The number of unbranched alkanes of at least 4 members (excludes halogenated alkanes) is 2. The van der Waals surface area contributed by atoms with Crippen LogP contribution in [0, 0.1) is 0 Å². The fourth-order valence-corrected chi connectivity index (χ4v) is 2.64. The van der Waals surface area contributed by atoms with Gasteiger partial charge in [-0.05, 0) is 25.7 Å². The predicted octanol–water partition coefficient (Wildman–Crippen LogP) is -1.29. The van der Waals surface area contributed by atoms with Gasteiger partial charge in [0.2, 0.25) is 0 Å². The number of hydrogen-bond acceptors (Lipinski definition) is 6. The third-order valence-electron chi connectivity index (χ3n) is 4.13. The molecule has 22 heavy (non-hydrogen) atoms. The molecule has 1 radical (unpaired) electrons. The van der Waals surface area contributed by atoms with Crippen LogP contribution in [0.1, 0.15) is 44.9 Å². The standard InChI is InChI=1S/C15H28NO6/c17-9-12(19)14(21)15(22)13(20)11(18)7-3-1-2-5-10-6-4-8-16-10/h10,12-15,17,19-22H,1-9H2. The number of hydrogen-bond donors (Lipinski definition) is 5. The first kappa shape index (κ1) is 19.5. The van der Waals surface area contributed by atoms with Crippen LogP contribution < -0.4 is 5.32 Å². The molecular formula is C15H28NO6. The van der Waals surface area contributed by atoms with Crippen molar-refractivity contribution in [1.82, 2.24) is 5.32 Å². The van der Waals surface area contributed by atoms with Gasteiger partial charge in [0.05, 0.1) is 6.61 Å². The van der Waals surface area contributed by atoms with Crippen LogP contribution >= 0.6 is 0 Å². The molecule has 0 amide bonds. The Balaban J connectivity index is 2.17. The lowest BCUT2D eigenvalue weighted by Crippen LogP contribution is -2.48. The zero-order chi connectivity index (χ0) is 16.5. The van der Waals surface area contributed by atoms with E-state index in [9.17, 15) is 25.2 Å². The van der Waals surface area contributed by atoms with E-state index >= 15 is 0 Å². The fraction of sp³-hybridized carbons (Fsp3) is 0.933. The van der Waals surface area contributed by atoms with Crippen molar-refractivity contribution >= 4 is 5.78 Å². The van der Waals surface area contributed by atoms with Gasteiger partial charge in [-0.3, -0.25) is 4.79 Å². The number of rotatable bonds is 11. The van der Waals surface area contributed by atoms with Crippen LogP contribution in [0.2, 0.25) is 0 Å². The number of carbonyl (C=O) groups is 1. The van der Waals surface area contributed by atoms with Crippen LogP contribution in [0.15, 0.2) is 0 Å². The van der Waals surface area contributed by atoms with Crippen molar-refractivity contribution in [3.63, 3.8) is 0 Å². The van der Waals surface area contributed by atoms with E-state index in [0.717, 1.165) is 38.6 Å². The lowest BCUT2D eigenvalue weighted by Gasteiger charge is -2.24. The predicted molar refractivity (Wildman–Crippen MR) is 79.2 cm³/mol. The first-order chi connectivity index (χ1) is 10.5. The summed E-state index contributed by atoms with van der Waals surface area (Å²) < 4.78 is 0. The van der Waals surface area contributed by atoms with Gasteiger partial charge >= 0.3 is 0 Å². The SMILES string of the molecule is O=C(CCCCCC1CCC[N]1)C(O)C(O)C(O)C(O)CO. The Hall–Kier alpha value is -0.570. The molecule has 0 aromatic rings. The van der Waals surface area contributed by atoms with Gasteiger partial charge in [-0.1, -0.05) is 12.8 Å². The zero-order valence-corrected chi connectivity index (χ0v) is 12.8. The molecule has 1 aliphatic heterocycles. The molecule has 5 unspecified atom stereocenters. The van der Waals surface area contributed by atoms with Crippen LogP contribution in [-0.2, 0) is 4.79 Å². The molecule has 0 aliphatic carbocycles. The van der Waals surface area contributed by atoms with Gasteiger partial charge in [0.25, 0.3) is 0 Å². The van der Waals surface area contributed by atoms with Crippen LogP contribution in [-0.4, -0.2) is 74.9 Å². The molecule has 1 fully saturated rings. The van der Waals surface area contributed by atoms with E-state index in [0.29, 0.717) is 12.5 Å². The Morgan fingerprint density at radius 1 is 1.09 bits per heavy atom. The number of Topliss-reactive ketones (excluding diaryl/α,β-unsaturated/α-hetero) is 1. The van der Waals surface area contributed by atoms with E-state index in [4.69, 9.17) is 5.11 Å². The highest BCUT2D eigenvalue weighted by Crippen LogP contribution is 2.16. The van der Waals surface area contributed by atoms with Crippen LogP contribution in [0.3, 0.4) is 0 Å². The number of aliphatic hydroxyl groups is 5. The van der Waals surface area contributed by atoms with Crippen LogP contribution in [0.4, 0.5) is 0 Å². The van der Waals surface area contributed by atoms with Gasteiger partial charge in [0, 0.05) is 19.0 Å². The fourth-order valence-electron chi connectivity index (χ4n) is 2.64. The maximum Gasteiger partial charge on any atom is 0.164 e. The largest absolute Gasteiger partial charge is 0.394 e. The summed E-state index contributed by atoms with van der Waals surface area (Å²) in [6.45, 7) is 0.195. The molecule has 1 aliphatic rings. The second-order valence-corrected chi connectivity index (χ2v) is 5.94. The Morgan fingerprint density at radius 3 is 2.41 bits per heavy atom. The minimum Gasteiger partial charge on any atom is -0.394 e. The van der Waals surface area contributed by atoms with Gasteiger partial charge in [0.1, 0.15) is 24.4 Å². The summed E-state index contributed by atoms with van der Waals surface area (Å²) in [4.78, 5) is 11.7. The van der Waals surface area contributed by atoms with E-state index in [-0.39, 0.29) is 6.42 Å². The summed E-state index contributed by atoms with van der Waals surface area (Å²) in [6.07, 6.45) is -1.01. The molecule has 0 bridgehead atoms. The monoisotopic (exact) mass is 318 g/mol. The summed E-state index contributed by atoms with van der Waals surface area (Å²) in [6, 6.07) is 0.457. The highest BCUT2D eigenvalue weighted by molar-refractivity contribution is 5.83. The summed E-state index contributed by atoms with van der Waals surface area (Å²) in [7, 11) is 0. The number of ketones is 1. The molecular weight excluding hydrogens is 290 g/mol. The summed E-state index contributed by atoms with van der Waals surface area (Å²) in [5, 5.41) is 51.0. The van der Waals surface area contributed by atoms with Crippen molar-refractivity contribution in [3.8, 4) is 0 Å². The molecule has 1 rings (SSSR count). The molecule has 0 aromatic carbocycles. The molecule has 1 saturated heterocycles. The molecule has 5 N–H and O–H groups in total. The second kappa shape index (κ2) is 10.3. The molecule has 129 valence electrons. The average molecular weight is 318 g/mol. The summed E-state index contributed by atoms with van der Waals surface area (Å²) in [5.41, 5.74) is 0. The average Bonchev–Trinajstić information content (AvgIpc) is 3.04. The maximum absolute atomic E-state index is 11.7. The van der Waals surface area contributed by atoms with E-state index < -0.39 is 36.8 Å². The lowest BCUT2D eigenvalue weighted by atomic mass is 9.97. The van der Waals surface area contributed by atoms with Crippen LogP contribution in [0.5, 0.6) is 0 Å². The van der Waals surface area contributed by atoms with Crippen molar-refractivity contribution in [2.24, 2.45) is 0 Å². The van der Waals surface area contributed by atoms with Gasteiger partial charge in [-0.15, -0.1) is 0 Å².